The fourth-order valence-corrected chi connectivity index (χ4v) is 1.98. The highest BCUT2D eigenvalue weighted by Crippen LogP contribution is 2.35. The predicted molar refractivity (Wildman–Crippen MR) is 52.4 cm³/mol. The average Bonchev–Trinajstić information content (AvgIpc) is 1.82. The molecule has 12 heavy (non-hydrogen) atoms. The maximum Gasteiger partial charge on any atom is 0.0410 e. The molecule has 0 spiro atoms. The summed E-state index contributed by atoms with van der Waals surface area (Å²) in [5.41, 5.74) is -0.0799. The number of hydroxylamine groups is 2. The van der Waals surface area contributed by atoms with E-state index in [4.69, 9.17) is 0 Å². The molecule has 0 aromatic carbocycles. The first-order chi connectivity index (χ1) is 4.86. The predicted octanol–water partition coefficient (Wildman–Crippen LogP) is 3.05. The van der Waals surface area contributed by atoms with Gasteiger partial charge in [-0.3, -0.25) is 0 Å². The van der Waals surface area contributed by atoms with Crippen LogP contribution in [0.25, 0.3) is 0 Å². The van der Waals surface area contributed by atoms with Crippen LogP contribution >= 0.6 is 0 Å². The highest BCUT2D eigenvalue weighted by molar-refractivity contribution is 4.91. The molecule has 0 aromatic rings. The van der Waals surface area contributed by atoms with Gasteiger partial charge in [-0.25, -0.2) is 0 Å². The standard InChI is InChI=1S/C9H19NO.CH4/c1-8(2)6-5-7-9(3,4)10(8)11;/h11H,5-7H2,1-4H3;1H4. The van der Waals surface area contributed by atoms with Crippen molar-refractivity contribution in [2.45, 2.75) is 65.5 Å². The van der Waals surface area contributed by atoms with Gasteiger partial charge in [0.2, 0.25) is 0 Å². The van der Waals surface area contributed by atoms with Gasteiger partial charge in [0.15, 0.2) is 0 Å². The van der Waals surface area contributed by atoms with Crippen LogP contribution in [0.2, 0.25) is 0 Å². The number of hydrogen-bond donors (Lipinski definition) is 1. The highest BCUT2D eigenvalue weighted by atomic mass is 16.5. The third-order valence-electron chi connectivity index (χ3n) is 2.72. The Hall–Kier alpha value is -0.0800. The number of nitrogens with zero attached hydrogens (tertiary/aromatic N) is 1. The third-order valence-corrected chi connectivity index (χ3v) is 2.72. The van der Waals surface area contributed by atoms with Crippen LogP contribution in [0.5, 0.6) is 0 Å². The Kier molecular flexibility index (Phi) is 3.32. The normalized spacial score (nSPS) is 27.8. The van der Waals surface area contributed by atoms with Gasteiger partial charge in [0.1, 0.15) is 0 Å². The molecule has 74 valence electrons. The van der Waals surface area contributed by atoms with Gasteiger partial charge in [0, 0.05) is 11.1 Å². The first-order valence-electron chi connectivity index (χ1n) is 4.35. The Morgan fingerprint density at radius 2 is 1.33 bits per heavy atom. The van der Waals surface area contributed by atoms with Crippen molar-refractivity contribution in [3.63, 3.8) is 0 Å². The maximum atomic E-state index is 9.80. The van der Waals surface area contributed by atoms with Crippen molar-refractivity contribution in [1.29, 1.82) is 0 Å². The molecule has 0 unspecified atom stereocenters. The van der Waals surface area contributed by atoms with Crippen LogP contribution in [0.3, 0.4) is 0 Å². The van der Waals surface area contributed by atoms with E-state index >= 15 is 0 Å². The summed E-state index contributed by atoms with van der Waals surface area (Å²) in [6.45, 7) is 8.36. The van der Waals surface area contributed by atoms with E-state index in [0.717, 1.165) is 12.8 Å². The quantitative estimate of drug-likeness (QED) is 0.608. The van der Waals surface area contributed by atoms with E-state index in [1.807, 2.05) is 0 Å². The molecule has 0 saturated carbocycles. The van der Waals surface area contributed by atoms with Gasteiger partial charge < -0.3 is 5.21 Å². The Morgan fingerprint density at radius 1 is 1.00 bits per heavy atom. The second-order valence-corrected chi connectivity index (χ2v) is 4.79. The minimum atomic E-state index is -0.0399. The van der Waals surface area contributed by atoms with E-state index in [-0.39, 0.29) is 18.5 Å². The molecular formula is C10H23NO. The van der Waals surface area contributed by atoms with E-state index in [9.17, 15) is 5.21 Å². The van der Waals surface area contributed by atoms with Crippen molar-refractivity contribution in [2.24, 2.45) is 0 Å². The monoisotopic (exact) mass is 173 g/mol. The summed E-state index contributed by atoms with van der Waals surface area (Å²) in [4.78, 5) is 0. The molecular weight excluding hydrogens is 150 g/mol. The van der Waals surface area contributed by atoms with Crippen molar-refractivity contribution < 1.29 is 5.21 Å². The molecule has 0 aromatic heterocycles. The second kappa shape index (κ2) is 3.35. The number of rotatable bonds is 0. The van der Waals surface area contributed by atoms with Crippen LogP contribution in [0.15, 0.2) is 0 Å². The van der Waals surface area contributed by atoms with Gasteiger partial charge in [-0.05, 0) is 47.0 Å². The minimum Gasteiger partial charge on any atom is -0.313 e. The number of piperidine rings is 1. The second-order valence-electron chi connectivity index (χ2n) is 4.79. The zero-order chi connectivity index (χ0) is 8.70. The van der Waals surface area contributed by atoms with E-state index in [2.05, 4.69) is 27.7 Å². The molecule has 1 aliphatic rings. The first-order valence-corrected chi connectivity index (χ1v) is 4.35. The summed E-state index contributed by atoms with van der Waals surface area (Å²) < 4.78 is 0. The van der Waals surface area contributed by atoms with Crippen LogP contribution in [-0.4, -0.2) is 21.3 Å². The number of hydrogen-bond acceptors (Lipinski definition) is 2. The van der Waals surface area contributed by atoms with E-state index in [1.165, 1.54) is 11.5 Å². The Labute approximate surface area is 76.5 Å². The van der Waals surface area contributed by atoms with Crippen molar-refractivity contribution in [1.82, 2.24) is 5.06 Å². The van der Waals surface area contributed by atoms with Crippen molar-refractivity contribution in [3.05, 3.63) is 0 Å². The fraction of sp³-hybridized carbons (Fsp3) is 1.00. The lowest BCUT2D eigenvalue weighted by atomic mass is 9.82. The van der Waals surface area contributed by atoms with Crippen LogP contribution in [-0.2, 0) is 0 Å². The molecule has 0 radical (unpaired) electrons. The molecule has 1 rings (SSSR count). The van der Waals surface area contributed by atoms with E-state index in [1.54, 1.807) is 0 Å². The zero-order valence-corrected chi connectivity index (χ0v) is 8.02. The molecule has 0 aliphatic carbocycles. The first kappa shape index (κ1) is 11.9. The van der Waals surface area contributed by atoms with Gasteiger partial charge in [-0.1, -0.05) is 7.43 Å². The highest BCUT2D eigenvalue weighted by Gasteiger charge is 2.40. The summed E-state index contributed by atoms with van der Waals surface area (Å²) in [5, 5.41) is 11.3. The Bertz CT molecular complexity index is 136. The lowest BCUT2D eigenvalue weighted by molar-refractivity contribution is -0.241. The maximum absolute atomic E-state index is 9.80. The van der Waals surface area contributed by atoms with Gasteiger partial charge >= 0.3 is 0 Å². The van der Waals surface area contributed by atoms with Gasteiger partial charge in [0.25, 0.3) is 0 Å². The van der Waals surface area contributed by atoms with E-state index in [0.29, 0.717) is 0 Å². The Balaban J connectivity index is 0.00000121. The van der Waals surface area contributed by atoms with Crippen LogP contribution < -0.4 is 0 Å². The Morgan fingerprint density at radius 3 is 1.58 bits per heavy atom. The molecule has 0 atom stereocenters. The summed E-state index contributed by atoms with van der Waals surface area (Å²) in [5.74, 6) is 0. The minimum absolute atomic E-state index is 0. The molecule has 1 N–H and O–H groups in total. The van der Waals surface area contributed by atoms with Gasteiger partial charge in [0.05, 0.1) is 0 Å². The largest absolute Gasteiger partial charge is 0.313 e. The van der Waals surface area contributed by atoms with Crippen molar-refractivity contribution in [3.8, 4) is 0 Å². The molecule has 1 saturated heterocycles. The van der Waals surface area contributed by atoms with Crippen LogP contribution in [0.1, 0.15) is 54.4 Å². The summed E-state index contributed by atoms with van der Waals surface area (Å²) in [7, 11) is 0. The lowest BCUT2D eigenvalue weighted by Crippen LogP contribution is -2.56. The SMILES string of the molecule is C.CC1(C)CCCC(C)(C)N1O. The van der Waals surface area contributed by atoms with Gasteiger partial charge in [-0.2, -0.15) is 5.06 Å². The molecule has 1 aliphatic heterocycles. The van der Waals surface area contributed by atoms with Crippen LogP contribution in [0.4, 0.5) is 0 Å². The topological polar surface area (TPSA) is 23.5 Å². The molecule has 0 bridgehead atoms. The summed E-state index contributed by atoms with van der Waals surface area (Å²) in [6.07, 6.45) is 3.40. The molecule has 0 amide bonds. The third kappa shape index (κ3) is 1.99. The smallest absolute Gasteiger partial charge is 0.0410 e. The van der Waals surface area contributed by atoms with Gasteiger partial charge in [-0.15, -0.1) is 0 Å². The average molecular weight is 173 g/mol. The summed E-state index contributed by atoms with van der Waals surface area (Å²) in [6, 6.07) is 0. The lowest BCUT2D eigenvalue weighted by Gasteiger charge is -2.48. The van der Waals surface area contributed by atoms with Crippen molar-refractivity contribution in [2.75, 3.05) is 0 Å². The van der Waals surface area contributed by atoms with E-state index < -0.39 is 0 Å². The summed E-state index contributed by atoms with van der Waals surface area (Å²) >= 11 is 0. The van der Waals surface area contributed by atoms with Crippen molar-refractivity contribution >= 4 is 0 Å². The van der Waals surface area contributed by atoms with Crippen LogP contribution in [0, 0.1) is 0 Å². The zero-order valence-electron chi connectivity index (χ0n) is 8.02. The fourth-order valence-electron chi connectivity index (χ4n) is 1.98. The molecule has 2 nitrogen and oxygen atoms in total. The molecule has 1 heterocycles. The molecule has 2 heteroatoms. The molecule has 1 fully saturated rings.